The molecule has 0 spiro atoms. The van der Waals surface area contributed by atoms with Crippen molar-refractivity contribution in [1.82, 2.24) is 9.78 Å². The highest BCUT2D eigenvalue weighted by molar-refractivity contribution is 6.06. The van der Waals surface area contributed by atoms with Crippen LogP contribution in [0.3, 0.4) is 0 Å². The fraction of sp³-hybridized carbons (Fsp3) is 0.148. The minimum absolute atomic E-state index is 0.144. The fourth-order valence-corrected chi connectivity index (χ4v) is 3.83. The molecule has 1 heterocycles. The van der Waals surface area contributed by atoms with Crippen molar-refractivity contribution < 1.29 is 23.4 Å². The second-order valence-corrected chi connectivity index (χ2v) is 7.76. The summed E-state index contributed by atoms with van der Waals surface area (Å²) in [5.74, 6) is -0.343. The van der Waals surface area contributed by atoms with Gasteiger partial charge in [-0.15, -0.1) is 0 Å². The molecule has 184 valence electrons. The number of aromatic nitrogens is 2. The van der Waals surface area contributed by atoms with E-state index in [1.165, 1.54) is 56.3 Å². The van der Waals surface area contributed by atoms with Crippen LogP contribution < -0.4 is 15.0 Å². The van der Waals surface area contributed by atoms with E-state index in [1.54, 1.807) is 13.0 Å². The van der Waals surface area contributed by atoms with Gasteiger partial charge in [0.05, 0.1) is 55.2 Å². The van der Waals surface area contributed by atoms with Crippen LogP contribution in [0.4, 0.5) is 10.1 Å². The van der Waals surface area contributed by atoms with E-state index in [-0.39, 0.29) is 22.4 Å². The third-order valence-corrected chi connectivity index (χ3v) is 5.59. The summed E-state index contributed by atoms with van der Waals surface area (Å²) in [7, 11) is 4.19. The SMILES string of the molecule is COC(=O)c1cc(OC)c(OC)cc1N=C(C)c1c(-c2ccccc2)[nH]n(-c2ccc(F)cc2)c1=O. The molecule has 0 saturated carbocycles. The van der Waals surface area contributed by atoms with Crippen LogP contribution in [-0.4, -0.2) is 42.8 Å². The Morgan fingerprint density at radius 1 is 0.944 bits per heavy atom. The summed E-state index contributed by atoms with van der Waals surface area (Å²) in [6, 6.07) is 17.8. The molecule has 0 radical (unpaired) electrons. The number of H-pyrrole nitrogens is 1. The molecule has 4 rings (SSSR count). The summed E-state index contributed by atoms with van der Waals surface area (Å²) in [6.07, 6.45) is 0. The van der Waals surface area contributed by atoms with Gasteiger partial charge in [0.2, 0.25) is 0 Å². The Hall–Kier alpha value is -4.66. The van der Waals surface area contributed by atoms with E-state index in [1.807, 2.05) is 30.3 Å². The van der Waals surface area contributed by atoms with Crippen molar-refractivity contribution in [3.05, 3.63) is 94.0 Å². The predicted molar refractivity (Wildman–Crippen MR) is 135 cm³/mol. The van der Waals surface area contributed by atoms with Gasteiger partial charge in [-0.1, -0.05) is 30.3 Å². The second-order valence-electron chi connectivity index (χ2n) is 7.76. The van der Waals surface area contributed by atoms with Gasteiger partial charge < -0.3 is 14.2 Å². The van der Waals surface area contributed by atoms with Gasteiger partial charge in [-0.3, -0.25) is 14.9 Å². The van der Waals surface area contributed by atoms with Crippen LogP contribution in [0, 0.1) is 5.82 Å². The van der Waals surface area contributed by atoms with E-state index < -0.39 is 11.8 Å². The molecule has 0 aliphatic carbocycles. The van der Waals surface area contributed by atoms with Gasteiger partial charge in [-0.25, -0.2) is 13.9 Å². The number of carbonyl (C=O) groups is 1. The number of carbonyl (C=O) groups excluding carboxylic acids is 1. The van der Waals surface area contributed by atoms with Crippen LogP contribution in [0.5, 0.6) is 11.5 Å². The molecule has 0 aliphatic heterocycles. The lowest BCUT2D eigenvalue weighted by molar-refractivity contribution is 0.0601. The molecule has 1 N–H and O–H groups in total. The number of benzene rings is 3. The number of nitrogens with one attached hydrogen (secondary N) is 1. The quantitative estimate of drug-likeness (QED) is 0.294. The third-order valence-electron chi connectivity index (χ3n) is 5.59. The van der Waals surface area contributed by atoms with Crippen molar-refractivity contribution in [3.8, 4) is 28.4 Å². The van der Waals surface area contributed by atoms with E-state index in [4.69, 9.17) is 14.2 Å². The van der Waals surface area contributed by atoms with E-state index in [0.29, 0.717) is 28.6 Å². The van der Waals surface area contributed by atoms with Gasteiger partial charge in [-0.05, 0) is 31.2 Å². The highest BCUT2D eigenvalue weighted by Crippen LogP contribution is 2.36. The lowest BCUT2D eigenvalue weighted by Crippen LogP contribution is -2.19. The molecule has 0 amide bonds. The zero-order valence-corrected chi connectivity index (χ0v) is 20.2. The van der Waals surface area contributed by atoms with Crippen molar-refractivity contribution in [2.24, 2.45) is 4.99 Å². The number of rotatable bonds is 7. The topological polar surface area (TPSA) is 94.9 Å². The van der Waals surface area contributed by atoms with Gasteiger partial charge in [0.15, 0.2) is 11.5 Å². The molecule has 0 fully saturated rings. The smallest absolute Gasteiger partial charge is 0.340 e. The first-order valence-corrected chi connectivity index (χ1v) is 10.9. The average molecular weight is 490 g/mol. The lowest BCUT2D eigenvalue weighted by Gasteiger charge is -2.12. The second kappa shape index (κ2) is 10.3. The van der Waals surface area contributed by atoms with E-state index in [9.17, 15) is 14.0 Å². The number of halogens is 1. The maximum absolute atomic E-state index is 13.6. The zero-order valence-electron chi connectivity index (χ0n) is 20.2. The van der Waals surface area contributed by atoms with Gasteiger partial charge in [0, 0.05) is 17.7 Å². The Bertz CT molecular complexity index is 1490. The number of methoxy groups -OCH3 is 3. The number of ether oxygens (including phenoxy) is 3. The Kier molecular flexibility index (Phi) is 7.00. The van der Waals surface area contributed by atoms with Crippen LogP contribution in [0.15, 0.2) is 76.5 Å². The number of hydrogen-bond acceptors (Lipinski definition) is 6. The molecule has 4 aromatic rings. The normalized spacial score (nSPS) is 11.3. The van der Waals surface area contributed by atoms with Crippen LogP contribution >= 0.6 is 0 Å². The van der Waals surface area contributed by atoms with Crippen LogP contribution in [0.2, 0.25) is 0 Å². The lowest BCUT2D eigenvalue weighted by atomic mass is 10.0. The molecule has 0 aliphatic rings. The summed E-state index contributed by atoms with van der Waals surface area (Å²) in [5.41, 5.74) is 2.35. The Balaban J connectivity index is 1.95. The Labute approximate surface area is 206 Å². The van der Waals surface area contributed by atoms with Crippen LogP contribution in [-0.2, 0) is 4.74 Å². The summed E-state index contributed by atoms with van der Waals surface area (Å²) < 4.78 is 30.4. The zero-order chi connectivity index (χ0) is 25.8. The molecule has 3 aromatic carbocycles. The van der Waals surface area contributed by atoms with Gasteiger partial charge in [0.25, 0.3) is 5.56 Å². The van der Waals surface area contributed by atoms with Crippen molar-refractivity contribution in [3.63, 3.8) is 0 Å². The molecule has 0 saturated heterocycles. The first-order valence-electron chi connectivity index (χ1n) is 10.9. The molecular weight excluding hydrogens is 465 g/mol. The highest BCUT2D eigenvalue weighted by Gasteiger charge is 2.22. The summed E-state index contributed by atoms with van der Waals surface area (Å²) in [6.45, 7) is 1.67. The molecule has 0 bridgehead atoms. The maximum Gasteiger partial charge on any atom is 0.340 e. The molecule has 1 aromatic heterocycles. The average Bonchev–Trinajstić information content (AvgIpc) is 3.25. The minimum Gasteiger partial charge on any atom is -0.493 e. The number of nitrogens with zero attached hydrogens (tertiary/aromatic N) is 2. The molecule has 9 heteroatoms. The van der Waals surface area contributed by atoms with Crippen LogP contribution in [0.1, 0.15) is 22.8 Å². The summed E-state index contributed by atoms with van der Waals surface area (Å²) >= 11 is 0. The number of aromatic amines is 1. The van der Waals surface area contributed by atoms with E-state index >= 15 is 0 Å². The molecule has 0 atom stereocenters. The monoisotopic (exact) mass is 489 g/mol. The largest absolute Gasteiger partial charge is 0.493 e. The molecule has 36 heavy (non-hydrogen) atoms. The van der Waals surface area contributed by atoms with Gasteiger partial charge >= 0.3 is 5.97 Å². The van der Waals surface area contributed by atoms with Gasteiger partial charge in [-0.2, -0.15) is 0 Å². The van der Waals surface area contributed by atoms with Crippen molar-refractivity contribution in [2.75, 3.05) is 21.3 Å². The standard InChI is InChI=1S/C27H24FN3O5/c1-16(29-21-15-23(35-3)22(34-2)14-20(21)27(33)36-4)24-25(17-8-6-5-7-9-17)30-31(26(24)32)19-12-10-18(28)11-13-19/h5-15,30H,1-4H3. The van der Waals surface area contributed by atoms with Crippen molar-refractivity contribution >= 4 is 17.4 Å². The maximum atomic E-state index is 13.6. The van der Waals surface area contributed by atoms with Crippen molar-refractivity contribution in [1.29, 1.82) is 0 Å². The number of aliphatic imine (C=N–C) groups is 1. The molecule has 0 unspecified atom stereocenters. The molecular formula is C27H24FN3O5. The first-order chi connectivity index (χ1) is 17.4. The number of hydrogen-bond donors (Lipinski definition) is 1. The molecule has 8 nitrogen and oxygen atoms in total. The van der Waals surface area contributed by atoms with Gasteiger partial charge in [0.1, 0.15) is 5.82 Å². The summed E-state index contributed by atoms with van der Waals surface area (Å²) in [4.78, 5) is 30.7. The highest BCUT2D eigenvalue weighted by atomic mass is 19.1. The third kappa shape index (κ3) is 4.63. The van der Waals surface area contributed by atoms with Crippen LogP contribution in [0.25, 0.3) is 16.9 Å². The first kappa shape index (κ1) is 24.5. The Morgan fingerprint density at radius 3 is 2.19 bits per heavy atom. The number of esters is 1. The van der Waals surface area contributed by atoms with E-state index in [2.05, 4.69) is 10.1 Å². The van der Waals surface area contributed by atoms with E-state index in [0.717, 1.165) is 5.56 Å². The predicted octanol–water partition coefficient (Wildman–Crippen LogP) is 4.92. The summed E-state index contributed by atoms with van der Waals surface area (Å²) in [5, 5.41) is 3.12. The minimum atomic E-state index is -0.622. The van der Waals surface area contributed by atoms with Crippen molar-refractivity contribution in [2.45, 2.75) is 6.92 Å². The Morgan fingerprint density at radius 2 is 1.58 bits per heavy atom. The fourth-order valence-electron chi connectivity index (χ4n) is 3.83.